The molecule has 0 fully saturated rings. The summed E-state index contributed by atoms with van der Waals surface area (Å²) in [6.07, 6.45) is 1.33. The van der Waals surface area contributed by atoms with Gasteiger partial charge in [-0.05, 0) is 48.2 Å². The first-order valence-electron chi connectivity index (χ1n) is 11.5. The smallest absolute Gasteiger partial charge is 0.244 e. The second kappa shape index (κ2) is 13.2. The van der Waals surface area contributed by atoms with Crippen LogP contribution in [-0.4, -0.2) is 57.6 Å². The summed E-state index contributed by atoms with van der Waals surface area (Å²) < 4.78 is 31.6. The average molecular weight is 559 g/mol. The van der Waals surface area contributed by atoms with Crippen molar-refractivity contribution in [2.24, 2.45) is 5.92 Å². The van der Waals surface area contributed by atoms with Crippen LogP contribution in [0.15, 0.2) is 42.5 Å². The summed E-state index contributed by atoms with van der Waals surface area (Å²) in [7, 11) is -2.35. The van der Waals surface area contributed by atoms with Gasteiger partial charge in [0.25, 0.3) is 0 Å². The van der Waals surface area contributed by atoms with Gasteiger partial charge in [-0.25, -0.2) is 8.42 Å². The zero-order valence-corrected chi connectivity index (χ0v) is 23.5. The van der Waals surface area contributed by atoms with Gasteiger partial charge < -0.3 is 15.0 Å². The molecule has 8 nitrogen and oxygen atoms in total. The fraction of sp³-hybridized carbons (Fsp3) is 0.440. The molecule has 0 aromatic heterocycles. The number of amides is 2. The lowest BCUT2D eigenvalue weighted by molar-refractivity contribution is -0.140. The number of carbonyl (C=O) groups excluding carboxylic acids is 2. The molecule has 2 aromatic carbocycles. The fourth-order valence-corrected chi connectivity index (χ4v) is 4.95. The molecule has 0 saturated heterocycles. The SMILES string of the molecule is CC[C@@H](C(=O)NCC(C)C)N(Cc1cccc(OC)c1)C(=O)CN(c1cc(Cl)cc(Cl)c1)S(C)(=O)=O. The first kappa shape index (κ1) is 29.7. The predicted octanol–water partition coefficient (Wildman–Crippen LogP) is 4.35. The summed E-state index contributed by atoms with van der Waals surface area (Å²) in [6, 6.07) is 10.6. The minimum Gasteiger partial charge on any atom is -0.497 e. The van der Waals surface area contributed by atoms with Crippen molar-refractivity contribution in [3.05, 3.63) is 58.1 Å². The van der Waals surface area contributed by atoms with Crippen LogP contribution in [0.1, 0.15) is 32.8 Å². The third kappa shape index (κ3) is 8.57. The van der Waals surface area contributed by atoms with Crippen LogP contribution in [-0.2, 0) is 26.2 Å². The van der Waals surface area contributed by atoms with E-state index in [4.69, 9.17) is 27.9 Å². The number of sulfonamides is 1. The second-order valence-corrected chi connectivity index (χ2v) is 11.6. The monoisotopic (exact) mass is 557 g/mol. The number of benzene rings is 2. The molecule has 1 atom stereocenters. The van der Waals surface area contributed by atoms with Gasteiger partial charge in [0.1, 0.15) is 18.3 Å². The van der Waals surface area contributed by atoms with Crippen molar-refractivity contribution >= 4 is 50.7 Å². The number of nitrogens with zero attached hydrogens (tertiary/aromatic N) is 2. The quantitative estimate of drug-likeness (QED) is 0.418. The molecule has 2 aromatic rings. The molecule has 198 valence electrons. The van der Waals surface area contributed by atoms with Crippen LogP contribution in [0.4, 0.5) is 5.69 Å². The summed E-state index contributed by atoms with van der Waals surface area (Å²) in [5.41, 5.74) is 0.886. The van der Waals surface area contributed by atoms with E-state index in [1.54, 1.807) is 25.1 Å². The van der Waals surface area contributed by atoms with Crippen molar-refractivity contribution in [3.8, 4) is 5.75 Å². The molecule has 1 N–H and O–H groups in total. The highest BCUT2D eigenvalue weighted by Gasteiger charge is 2.32. The average Bonchev–Trinajstić information content (AvgIpc) is 2.79. The highest BCUT2D eigenvalue weighted by Crippen LogP contribution is 2.27. The van der Waals surface area contributed by atoms with Crippen molar-refractivity contribution in [1.82, 2.24) is 10.2 Å². The fourth-order valence-electron chi connectivity index (χ4n) is 3.61. The largest absolute Gasteiger partial charge is 0.497 e. The molecule has 0 saturated carbocycles. The molecule has 0 aliphatic heterocycles. The van der Waals surface area contributed by atoms with Crippen molar-refractivity contribution < 1.29 is 22.7 Å². The Balaban J connectivity index is 2.47. The van der Waals surface area contributed by atoms with Crippen LogP contribution in [0.5, 0.6) is 5.75 Å². The third-order valence-corrected chi connectivity index (χ3v) is 6.95. The molecule has 0 aliphatic carbocycles. The molecule has 2 amide bonds. The lowest BCUT2D eigenvalue weighted by atomic mass is 10.1. The van der Waals surface area contributed by atoms with Gasteiger partial charge in [-0.15, -0.1) is 0 Å². The van der Waals surface area contributed by atoms with Gasteiger partial charge in [-0.3, -0.25) is 13.9 Å². The van der Waals surface area contributed by atoms with Crippen molar-refractivity contribution in [1.29, 1.82) is 0 Å². The van der Waals surface area contributed by atoms with Crippen molar-refractivity contribution in [3.63, 3.8) is 0 Å². The van der Waals surface area contributed by atoms with Crippen molar-refractivity contribution in [2.75, 3.05) is 30.8 Å². The van der Waals surface area contributed by atoms with Gasteiger partial charge in [-0.2, -0.15) is 0 Å². The van der Waals surface area contributed by atoms with E-state index in [0.29, 0.717) is 18.7 Å². The molecule has 0 radical (unpaired) electrons. The van der Waals surface area contributed by atoms with E-state index in [1.165, 1.54) is 30.2 Å². The minimum absolute atomic E-state index is 0.0809. The standard InChI is InChI=1S/C25H33Cl2N3O5S/c1-6-23(25(32)28-14-17(2)3)29(15-18-8-7-9-22(10-18)35-4)24(31)16-30(36(5,33)34)21-12-19(26)11-20(27)13-21/h7-13,17,23H,6,14-16H2,1-5H3,(H,28,32)/t23-/m0/s1. The van der Waals surface area contributed by atoms with E-state index in [0.717, 1.165) is 16.1 Å². The molecule has 11 heteroatoms. The zero-order chi connectivity index (χ0) is 27.0. The molecular weight excluding hydrogens is 525 g/mol. The lowest BCUT2D eigenvalue weighted by Crippen LogP contribution is -2.52. The Labute approximate surface area is 223 Å². The number of rotatable bonds is 12. The van der Waals surface area contributed by atoms with Crippen LogP contribution < -0.4 is 14.4 Å². The lowest BCUT2D eigenvalue weighted by Gasteiger charge is -2.33. The molecule has 0 spiro atoms. The minimum atomic E-state index is -3.89. The highest BCUT2D eigenvalue weighted by molar-refractivity contribution is 7.92. The van der Waals surface area contributed by atoms with E-state index < -0.39 is 28.5 Å². The number of hydrogen-bond donors (Lipinski definition) is 1. The van der Waals surface area contributed by atoms with E-state index in [9.17, 15) is 18.0 Å². The summed E-state index contributed by atoms with van der Waals surface area (Å²) in [6.45, 7) is 5.75. The Morgan fingerprint density at radius 3 is 2.25 bits per heavy atom. The molecule has 2 rings (SSSR count). The molecule has 0 heterocycles. The highest BCUT2D eigenvalue weighted by atomic mass is 35.5. The van der Waals surface area contributed by atoms with Gasteiger partial charge in [0.15, 0.2) is 0 Å². The van der Waals surface area contributed by atoms with Crippen LogP contribution in [0.2, 0.25) is 10.0 Å². The van der Waals surface area contributed by atoms with Gasteiger partial charge in [0.2, 0.25) is 21.8 Å². The van der Waals surface area contributed by atoms with E-state index in [1.807, 2.05) is 19.9 Å². The Bertz CT molecular complexity index is 1150. The maximum absolute atomic E-state index is 13.7. The molecular formula is C25H33Cl2N3O5S. The van der Waals surface area contributed by atoms with E-state index in [2.05, 4.69) is 5.32 Å². The summed E-state index contributed by atoms with van der Waals surface area (Å²) >= 11 is 12.2. The Morgan fingerprint density at radius 2 is 1.72 bits per heavy atom. The third-order valence-electron chi connectivity index (χ3n) is 5.37. The zero-order valence-electron chi connectivity index (χ0n) is 21.1. The number of ether oxygens (including phenoxy) is 1. The molecule has 0 aliphatic rings. The summed E-state index contributed by atoms with van der Waals surface area (Å²) in [5, 5.41) is 3.34. The number of carbonyl (C=O) groups is 2. The number of hydrogen-bond acceptors (Lipinski definition) is 5. The number of anilines is 1. The topological polar surface area (TPSA) is 96.0 Å². The molecule has 36 heavy (non-hydrogen) atoms. The maximum atomic E-state index is 13.7. The van der Waals surface area contributed by atoms with Crippen LogP contribution in [0.25, 0.3) is 0 Å². The van der Waals surface area contributed by atoms with Gasteiger partial charge in [0, 0.05) is 23.1 Å². The maximum Gasteiger partial charge on any atom is 0.244 e. The Morgan fingerprint density at radius 1 is 1.08 bits per heavy atom. The second-order valence-electron chi connectivity index (χ2n) is 8.83. The van der Waals surface area contributed by atoms with Gasteiger partial charge in [0.05, 0.1) is 19.1 Å². The first-order chi connectivity index (χ1) is 16.8. The van der Waals surface area contributed by atoms with Gasteiger partial charge in [-0.1, -0.05) is 56.1 Å². The van der Waals surface area contributed by atoms with E-state index >= 15 is 0 Å². The van der Waals surface area contributed by atoms with Crippen LogP contribution >= 0.6 is 23.2 Å². The Hall–Kier alpha value is -2.49. The molecule has 0 bridgehead atoms. The number of halogens is 2. The van der Waals surface area contributed by atoms with Crippen LogP contribution in [0.3, 0.4) is 0 Å². The number of nitrogens with one attached hydrogen (secondary N) is 1. The predicted molar refractivity (Wildman–Crippen MR) is 144 cm³/mol. The Kier molecular flexibility index (Phi) is 10.9. The van der Waals surface area contributed by atoms with Crippen molar-refractivity contribution in [2.45, 2.75) is 39.8 Å². The first-order valence-corrected chi connectivity index (χ1v) is 14.1. The van der Waals surface area contributed by atoms with E-state index in [-0.39, 0.29) is 34.1 Å². The summed E-state index contributed by atoms with van der Waals surface area (Å²) in [5.74, 6) is -0.0316. The number of methoxy groups -OCH3 is 1. The molecule has 0 unspecified atom stereocenters. The summed E-state index contributed by atoms with van der Waals surface area (Å²) in [4.78, 5) is 28.2. The van der Waals surface area contributed by atoms with Crippen LogP contribution in [0, 0.1) is 5.92 Å². The normalized spacial score (nSPS) is 12.2. The van der Waals surface area contributed by atoms with Gasteiger partial charge >= 0.3 is 0 Å².